The summed E-state index contributed by atoms with van der Waals surface area (Å²) in [6.07, 6.45) is 5.75. The average Bonchev–Trinajstić information content (AvgIpc) is 3.41. The third-order valence-corrected chi connectivity index (χ3v) is 6.69. The first-order chi connectivity index (χ1) is 15.0. The molecule has 1 aliphatic heterocycles. The molecular weight excluding hydrogens is 391 g/mol. The first kappa shape index (κ1) is 19.9. The Kier molecular flexibility index (Phi) is 5.10. The molecule has 1 saturated carbocycles. The number of halogens is 1. The fourth-order valence-corrected chi connectivity index (χ4v) is 4.77. The molecule has 2 fully saturated rings. The van der Waals surface area contributed by atoms with Gasteiger partial charge in [-0.3, -0.25) is 10.1 Å². The summed E-state index contributed by atoms with van der Waals surface area (Å²) >= 11 is 0. The van der Waals surface area contributed by atoms with Gasteiger partial charge in [-0.2, -0.15) is 5.10 Å². The van der Waals surface area contributed by atoms with E-state index in [0.717, 1.165) is 36.2 Å². The number of carbonyl (C=O) groups excluding carboxylic acids is 1. The molecule has 2 N–H and O–H groups in total. The van der Waals surface area contributed by atoms with Crippen molar-refractivity contribution >= 4 is 5.91 Å². The molecule has 160 valence electrons. The Hall–Kier alpha value is -2.99. The summed E-state index contributed by atoms with van der Waals surface area (Å²) in [7, 11) is 0. The number of para-hydroxylation sites is 1. The van der Waals surface area contributed by atoms with Gasteiger partial charge in [-0.15, -0.1) is 0 Å². The maximum Gasteiger partial charge on any atom is 0.237 e. The Balaban J connectivity index is 1.43. The molecule has 31 heavy (non-hydrogen) atoms. The predicted octanol–water partition coefficient (Wildman–Crippen LogP) is 4.26. The normalized spacial score (nSPS) is 24.5. The molecule has 0 radical (unpaired) electrons. The molecule has 0 spiro atoms. The van der Waals surface area contributed by atoms with Crippen molar-refractivity contribution in [3.8, 4) is 5.69 Å². The molecule has 5 rings (SSSR count). The van der Waals surface area contributed by atoms with Crippen molar-refractivity contribution < 1.29 is 9.18 Å². The van der Waals surface area contributed by atoms with Gasteiger partial charge in [0.15, 0.2) is 0 Å². The standard InChI is InChI=1S/C25H27FN4O/c1-25(12-6-13-25)28-24(31)22-16-20(23(27-22)17-7-5-8-18(26)15-17)21-11-14-30(29-21)19-9-3-2-4-10-19/h2-5,7-11,14-15,20,22-23,27H,6,12-13,16H2,1H3,(H,28,31)/t20-,22+,23+/m1/s1. The minimum absolute atomic E-state index is 0.0218. The number of aromatic nitrogens is 2. The molecule has 3 atom stereocenters. The number of nitrogens with zero attached hydrogens (tertiary/aromatic N) is 2. The van der Waals surface area contributed by atoms with Crippen molar-refractivity contribution in [1.82, 2.24) is 20.4 Å². The number of nitrogens with one attached hydrogen (secondary N) is 2. The minimum atomic E-state index is -0.336. The third-order valence-electron chi connectivity index (χ3n) is 6.69. The van der Waals surface area contributed by atoms with Crippen LogP contribution < -0.4 is 10.6 Å². The van der Waals surface area contributed by atoms with Crippen LogP contribution in [0.4, 0.5) is 4.39 Å². The van der Waals surface area contributed by atoms with Crippen LogP contribution in [0.3, 0.4) is 0 Å². The molecule has 1 amide bonds. The van der Waals surface area contributed by atoms with Gasteiger partial charge >= 0.3 is 0 Å². The number of carbonyl (C=O) groups is 1. The van der Waals surface area contributed by atoms with E-state index in [9.17, 15) is 9.18 Å². The molecule has 5 nitrogen and oxygen atoms in total. The van der Waals surface area contributed by atoms with Gasteiger partial charge in [0.05, 0.1) is 17.4 Å². The highest BCUT2D eigenvalue weighted by Gasteiger charge is 2.42. The van der Waals surface area contributed by atoms with E-state index in [0.29, 0.717) is 6.42 Å². The average molecular weight is 419 g/mol. The largest absolute Gasteiger partial charge is 0.350 e. The lowest BCUT2D eigenvalue weighted by molar-refractivity contribution is -0.125. The second kappa shape index (κ2) is 7.93. The number of hydrogen-bond acceptors (Lipinski definition) is 3. The van der Waals surface area contributed by atoms with Crippen LogP contribution >= 0.6 is 0 Å². The van der Waals surface area contributed by atoms with Crippen LogP contribution in [0.15, 0.2) is 66.9 Å². The molecule has 2 heterocycles. The Morgan fingerprint density at radius 3 is 2.68 bits per heavy atom. The monoisotopic (exact) mass is 418 g/mol. The summed E-state index contributed by atoms with van der Waals surface area (Å²) in [4.78, 5) is 13.0. The van der Waals surface area contributed by atoms with Gasteiger partial charge in [0.2, 0.25) is 5.91 Å². The summed E-state index contributed by atoms with van der Waals surface area (Å²) in [6.45, 7) is 2.10. The van der Waals surface area contributed by atoms with Crippen LogP contribution in [0.2, 0.25) is 0 Å². The van der Waals surface area contributed by atoms with Crippen LogP contribution in [-0.2, 0) is 4.79 Å². The Morgan fingerprint density at radius 1 is 1.16 bits per heavy atom. The van der Waals surface area contributed by atoms with E-state index in [-0.39, 0.29) is 35.3 Å². The number of rotatable bonds is 5. The summed E-state index contributed by atoms with van der Waals surface area (Å²) in [5.74, 6) is -0.284. The maximum absolute atomic E-state index is 14.0. The first-order valence-electron chi connectivity index (χ1n) is 11.0. The first-order valence-corrected chi connectivity index (χ1v) is 11.0. The lowest BCUT2D eigenvalue weighted by atomic mass is 9.78. The maximum atomic E-state index is 14.0. The van der Waals surface area contributed by atoms with Gasteiger partial charge in [-0.05, 0) is 68.5 Å². The van der Waals surface area contributed by atoms with Crippen LogP contribution in [0.5, 0.6) is 0 Å². The topological polar surface area (TPSA) is 59.0 Å². The smallest absolute Gasteiger partial charge is 0.237 e. The zero-order chi connectivity index (χ0) is 21.4. The van der Waals surface area contributed by atoms with E-state index in [1.165, 1.54) is 6.07 Å². The minimum Gasteiger partial charge on any atom is -0.350 e. The molecule has 1 aromatic heterocycles. The van der Waals surface area contributed by atoms with Gasteiger partial charge in [-0.25, -0.2) is 9.07 Å². The van der Waals surface area contributed by atoms with Crippen LogP contribution in [0.1, 0.15) is 55.8 Å². The van der Waals surface area contributed by atoms with Gasteiger partial charge in [0, 0.05) is 23.7 Å². The van der Waals surface area contributed by atoms with Gasteiger partial charge < -0.3 is 5.32 Å². The molecule has 3 aromatic rings. The van der Waals surface area contributed by atoms with Crippen LogP contribution in [-0.4, -0.2) is 27.3 Å². The van der Waals surface area contributed by atoms with Crippen molar-refractivity contribution in [2.24, 2.45) is 0 Å². The molecule has 1 saturated heterocycles. The summed E-state index contributed by atoms with van der Waals surface area (Å²) in [5.41, 5.74) is 2.62. The van der Waals surface area contributed by atoms with Gasteiger partial charge in [0.25, 0.3) is 0 Å². The van der Waals surface area contributed by atoms with Gasteiger partial charge in [0.1, 0.15) is 5.82 Å². The fraction of sp³-hybridized carbons (Fsp3) is 0.360. The van der Waals surface area contributed by atoms with E-state index < -0.39 is 0 Å². The Morgan fingerprint density at radius 2 is 1.97 bits per heavy atom. The molecule has 0 unspecified atom stereocenters. The van der Waals surface area contributed by atoms with E-state index >= 15 is 0 Å². The fourth-order valence-electron chi connectivity index (χ4n) is 4.77. The van der Waals surface area contributed by atoms with E-state index in [1.807, 2.05) is 53.3 Å². The van der Waals surface area contributed by atoms with Crippen molar-refractivity contribution in [3.05, 3.63) is 83.9 Å². The summed E-state index contributed by atoms with van der Waals surface area (Å²) < 4.78 is 15.8. The Bertz CT molecular complexity index is 1080. The molecular formula is C25H27FN4O. The summed E-state index contributed by atoms with van der Waals surface area (Å²) in [6, 6.07) is 18.0. The second-order valence-corrected chi connectivity index (χ2v) is 9.02. The predicted molar refractivity (Wildman–Crippen MR) is 117 cm³/mol. The molecule has 0 bridgehead atoms. The van der Waals surface area contributed by atoms with Crippen molar-refractivity contribution in [2.45, 2.75) is 56.1 Å². The third kappa shape index (κ3) is 4.00. The van der Waals surface area contributed by atoms with E-state index in [4.69, 9.17) is 5.10 Å². The molecule has 1 aliphatic carbocycles. The molecule has 2 aromatic carbocycles. The van der Waals surface area contributed by atoms with E-state index in [2.05, 4.69) is 17.6 Å². The highest BCUT2D eigenvalue weighted by Crippen LogP contribution is 2.40. The highest BCUT2D eigenvalue weighted by atomic mass is 19.1. The zero-order valence-corrected chi connectivity index (χ0v) is 17.6. The zero-order valence-electron chi connectivity index (χ0n) is 17.6. The number of hydrogen-bond donors (Lipinski definition) is 2. The van der Waals surface area contributed by atoms with Gasteiger partial charge in [-0.1, -0.05) is 30.3 Å². The highest BCUT2D eigenvalue weighted by molar-refractivity contribution is 5.83. The van der Waals surface area contributed by atoms with Crippen molar-refractivity contribution in [2.75, 3.05) is 0 Å². The number of amides is 1. The van der Waals surface area contributed by atoms with Crippen LogP contribution in [0, 0.1) is 5.82 Å². The molecule has 2 aliphatic rings. The SMILES string of the molecule is CC1(NC(=O)[C@@H]2C[C@H](c3ccn(-c4ccccc4)n3)[C@H](c3cccc(F)c3)N2)CCC1. The molecule has 6 heteroatoms. The second-order valence-electron chi connectivity index (χ2n) is 9.02. The van der Waals surface area contributed by atoms with E-state index in [1.54, 1.807) is 12.1 Å². The Labute approximate surface area is 181 Å². The quantitative estimate of drug-likeness (QED) is 0.651. The lowest BCUT2D eigenvalue weighted by Crippen LogP contribution is -2.55. The number of benzene rings is 2. The van der Waals surface area contributed by atoms with Crippen molar-refractivity contribution in [3.63, 3.8) is 0 Å². The summed E-state index contributed by atoms with van der Waals surface area (Å²) in [5, 5.41) is 11.5. The van der Waals surface area contributed by atoms with Crippen LogP contribution in [0.25, 0.3) is 5.69 Å². The van der Waals surface area contributed by atoms with Crippen molar-refractivity contribution in [1.29, 1.82) is 0 Å². The lowest BCUT2D eigenvalue weighted by Gasteiger charge is -2.39.